The Morgan fingerprint density at radius 2 is 0.936 bits per heavy atom. The standard InChI is InChI=1S/C11H16ClFN2OS.C8H8ClN.C7H5ClFNO.C7H6ClNO.C6H15N.C4H9F3O3SSi.C4H11NOS.4C2H6O.5CH4.B.Na.Ti/c1-11(2,3)17(16)15-10(7-13)9-6-8(12)4-5-14-9;1-6(2)8-5-7(9)3-4-10-8;8-5-1-2-10-6(3-5)7(11)4-9;1-5(10)7-4-6(8)2-3-9-7;1-4-7(5-2)6-3;1-12(2,3)10-11(8,9)4(5,6)7;1-4(2,3)7(5)6;4*1-2-3;;;;;;;;/h4-6,10,15H,7H2,1-3H3;3-5H,1H2,2H3;1-3H,4H2;2-4H,1H3;4-6H2,1-3H3;1-3H3;5H2,1-3H3;4*3H,2H2,1H3;5*1H4;;;/t10?,17-;;;;;;7-;;;;;;;;;;;;/m0.....0............/s1. The Kier molecular flexibility index (Phi) is 102. The molecule has 0 fully saturated rings. The van der Waals surface area contributed by atoms with Crippen LogP contribution >= 0.6 is 46.4 Å². The van der Waals surface area contributed by atoms with Crippen molar-refractivity contribution in [2.45, 2.75) is 182 Å². The number of carbonyl (C=O) groups excluding carboxylic acids is 2. The predicted octanol–water partition coefficient (Wildman–Crippen LogP) is 15.2. The van der Waals surface area contributed by atoms with E-state index >= 15 is 0 Å². The number of alkyl halides is 5. The number of Topliss-reactive ketones (excluding diaryl/α,β-unsaturated/α-hetero) is 2. The number of aromatic nitrogens is 4. The van der Waals surface area contributed by atoms with Crippen molar-refractivity contribution in [2.24, 2.45) is 5.14 Å². The number of halogens is 9. The summed E-state index contributed by atoms with van der Waals surface area (Å²) in [5, 5.41) is 37.4. The summed E-state index contributed by atoms with van der Waals surface area (Å²) in [6.45, 7) is 38.3. The van der Waals surface area contributed by atoms with Crippen LogP contribution in [0.2, 0.25) is 39.7 Å². The van der Waals surface area contributed by atoms with Gasteiger partial charge in [-0.1, -0.05) is 111 Å². The fourth-order valence-electron chi connectivity index (χ4n) is 4.00. The molecule has 4 aromatic rings. The van der Waals surface area contributed by atoms with E-state index in [1.165, 1.54) is 76.9 Å². The molecule has 0 amide bonds. The third kappa shape index (κ3) is 79.4. The molecule has 3 atom stereocenters. The number of allylic oxidation sites excluding steroid dienone is 1. The minimum absolute atomic E-state index is 0. The molecule has 548 valence electrons. The molecule has 4 radical (unpaired) electrons. The van der Waals surface area contributed by atoms with Crippen LogP contribution in [-0.4, -0.2) is 194 Å². The van der Waals surface area contributed by atoms with Gasteiger partial charge in [-0.05, 0) is 170 Å². The fraction of sp³-hybridized carbons (Fsp3) is 0.600. The van der Waals surface area contributed by atoms with Crippen LogP contribution in [0, 0.1) is 0 Å². The molecule has 4 rings (SSSR count). The Balaban J connectivity index is -0.0000000578. The molecule has 0 saturated carbocycles. The molecule has 34 heteroatoms. The van der Waals surface area contributed by atoms with Crippen LogP contribution in [0.3, 0.4) is 0 Å². The molecule has 0 spiro atoms. The van der Waals surface area contributed by atoms with Crippen LogP contribution in [-0.2, 0) is 57.7 Å². The van der Waals surface area contributed by atoms with Crippen LogP contribution in [0.4, 0.5) is 22.0 Å². The number of nitrogens with zero attached hydrogens (tertiary/aromatic N) is 5. The molecular weight excluding hydrogens is 1440 g/mol. The van der Waals surface area contributed by atoms with E-state index in [1.807, 2.05) is 48.5 Å². The van der Waals surface area contributed by atoms with Gasteiger partial charge in [-0.25, -0.2) is 21.9 Å². The summed E-state index contributed by atoms with van der Waals surface area (Å²) in [5.41, 5.74) is -2.59. The summed E-state index contributed by atoms with van der Waals surface area (Å²) >= 11 is 22.6. The first-order valence-electron chi connectivity index (χ1n) is 26.2. The molecule has 0 aromatic carbocycles. The number of carbonyl (C=O) groups is 2. The maximum Gasteiger partial charge on any atom is 0.522 e. The van der Waals surface area contributed by atoms with Crippen molar-refractivity contribution in [2.75, 3.05) is 59.4 Å². The summed E-state index contributed by atoms with van der Waals surface area (Å²) < 4.78 is 109. The molecule has 0 aliphatic heterocycles. The van der Waals surface area contributed by atoms with Crippen LogP contribution in [0.5, 0.6) is 0 Å². The predicted molar refractivity (Wildman–Crippen MR) is 393 cm³/mol. The number of hydrogen-bond donors (Lipinski definition) is 6. The largest absolute Gasteiger partial charge is 0.522 e. The van der Waals surface area contributed by atoms with E-state index in [2.05, 4.69) is 60.8 Å². The monoisotopic (exact) mass is 1550 g/mol. The number of rotatable bonds is 13. The van der Waals surface area contributed by atoms with Gasteiger partial charge in [0.25, 0.3) is 0 Å². The zero-order valence-corrected chi connectivity index (χ0v) is 64.8. The quantitative estimate of drug-likeness (QED) is 0.0314. The molecule has 7 N–H and O–H groups in total. The summed E-state index contributed by atoms with van der Waals surface area (Å²) in [4.78, 5) is 39.2. The van der Waals surface area contributed by atoms with Gasteiger partial charge in [0.1, 0.15) is 18.1 Å². The third-order valence-corrected chi connectivity index (χ3v) is 15.2. The summed E-state index contributed by atoms with van der Waals surface area (Å²) in [5.74, 6) is -0.713. The molecule has 18 nitrogen and oxygen atoms in total. The van der Waals surface area contributed by atoms with Gasteiger partial charge in [-0.3, -0.25) is 34.7 Å². The Bertz CT molecular complexity index is 2530. The van der Waals surface area contributed by atoms with Gasteiger partial charge in [-0.2, -0.15) is 21.6 Å². The Morgan fingerprint density at radius 3 is 1.13 bits per heavy atom. The zero-order chi connectivity index (χ0) is 69.3. The maximum absolute atomic E-state index is 12.9. The minimum Gasteiger partial charge on any atom is -0.397 e. The van der Waals surface area contributed by atoms with E-state index in [1.54, 1.807) is 70.3 Å². The summed E-state index contributed by atoms with van der Waals surface area (Å²) in [7, 11) is -10.6. The van der Waals surface area contributed by atoms with Gasteiger partial charge >= 0.3 is 15.6 Å². The van der Waals surface area contributed by atoms with Crippen molar-refractivity contribution in [1.82, 2.24) is 29.6 Å². The van der Waals surface area contributed by atoms with Gasteiger partial charge in [0.2, 0.25) is 14.1 Å². The van der Waals surface area contributed by atoms with Crippen molar-refractivity contribution in [3.63, 3.8) is 0 Å². The smallest absolute Gasteiger partial charge is 0.397 e. The molecule has 0 bridgehead atoms. The average Bonchev–Trinajstić information content (AvgIpc) is 3.38. The molecule has 4 aromatic heterocycles. The van der Waals surface area contributed by atoms with Crippen LogP contribution in [0.15, 0.2) is 79.9 Å². The number of ketones is 2. The topological polar surface area (TPSA) is 285 Å². The van der Waals surface area contributed by atoms with Crippen molar-refractivity contribution in [3.8, 4) is 0 Å². The van der Waals surface area contributed by atoms with E-state index in [4.69, 9.17) is 72.0 Å². The van der Waals surface area contributed by atoms with Crippen molar-refractivity contribution >= 4 is 142 Å². The first kappa shape index (κ1) is 129. The van der Waals surface area contributed by atoms with Crippen molar-refractivity contribution in [3.05, 3.63) is 123 Å². The average molecular weight is 1550 g/mol. The van der Waals surface area contributed by atoms with Crippen LogP contribution in [0.1, 0.15) is 179 Å². The van der Waals surface area contributed by atoms with Gasteiger partial charge in [-0.15, -0.1) is 0 Å². The van der Waals surface area contributed by atoms with Gasteiger partial charge in [0, 0.05) is 138 Å². The van der Waals surface area contributed by atoms with Crippen molar-refractivity contribution < 1.29 is 94.4 Å². The molecule has 94 heavy (non-hydrogen) atoms. The third-order valence-electron chi connectivity index (χ3n) is 8.02. The Labute approximate surface area is 629 Å². The first-order valence-corrected chi connectivity index (χ1v) is 34.9. The SMILES string of the molecule is C.C.C.C.C.C=C(C)c1cc(Cl)ccn1.CC(=O)c1cc(Cl)ccn1.CC(C)(C)[S@@](N)=O.CC(C)(C)[S@](=O)NC(CF)c1cc(Cl)ccn1.CCN(CC)CC.CCO.CCO.CCO.CCO.C[Si](C)(C)OS(=O)(=O)C(F)(F)F.O=C(CF)c1cc(Cl)ccn1.[B].[Na].[Ti]. The number of nitrogens with two attached hydrogens (primary N) is 1. The van der Waals surface area contributed by atoms with Crippen LogP contribution < -0.4 is 9.86 Å². The number of pyridine rings is 4. The van der Waals surface area contributed by atoms with E-state index in [0.29, 0.717) is 31.5 Å². The van der Waals surface area contributed by atoms with Crippen LogP contribution in [0.25, 0.3) is 5.57 Å². The van der Waals surface area contributed by atoms with E-state index in [0.717, 1.165) is 11.3 Å². The second-order valence-electron chi connectivity index (χ2n) is 19.0. The molecular formula is C60H114BCl4F5N7NaO11S3SiTi. The molecule has 0 aliphatic carbocycles. The molecule has 0 saturated heterocycles. The fourth-order valence-corrected chi connectivity index (χ4v) is 8.45. The Morgan fingerprint density at radius 1 is 0.649 bits per heavy atom. The van der Waals surface area contributed by atoms with Gasteiger partial charge in [0.05, 0.1) is 48.9 Å². The van der Waals surface area contributed by atoms with Gasteiger partial charge in [0.15, 0.2) is 12.5 Å². The van der Waals surface area contributed by atoms with Crippen molar-refractivity contribution in [1.29, 1.82) is 0 Å². The molecule has 0 aliphatic rings. The molecule has 4 heterocycles. The van der Waals surface area contributed by atoms with E-state index in [9.17, 15) is 48.4 Å². The normalized spacial score (nSPS) is 10.6. The zero-order valence-electron chi connectivity index (χ0n) is 54.7. The number of aliphatic hydroxyl groups is 4. The van der Waals surface area contributed by atoms with Gasteiger partial charge < -0.3 is 29.2 Å². The second kappa shape index (κ2) is 74.1. The first-order chi connectivity index (χ1) is 39.4. The van der Waals surface area contributed by atoms with E-state index < -0.39 is 75.8 Å². The Hall–Kier alpha value is -1.58. The number of nitrogens with one attached hydrogen (secondary N) is 1. The maximum atomic E-state index is 12.9. The molecule has 1 unspecified atom stereocenters. The minimum atomic E-state index is -5.39. The summed E-state index contributed by atoms with van der Waals surface area (Å²) in [6.07, 6.45) is 6.05. The number of aliphatic hydroxyl groups excluding tert-OH is 4. The summed E-state index contributed by atoms with van der Waals surface area (Å²) in [6, 6.07) is 12.1. The second-order valence-corrected chi connectivity index (χ2v) is 30.8. The number of hydrogen-bond acceptors (Lipinski definition) is 16. The van der Waals surface area contributed by atoms with E-state index in [-0.39, 0.29) is 139 Å².